The number of likely N-dealkylation sites (N-methyl/N-ethyl adjacent to an activating group) is 1. The van der Waals surface area contributed by atoms with E-state index in [-0.39, 0.29) is 24.8 Å². The van der Waals surface area contributed by atoms with Crippen molar-refractivity contribution in [1.29, 1.82) is 0 Å². The van der Waals surface area contributed by atoms with Crippen molar-refractivity contribution in [1.82, 2.24) is 4.90 Å². The van der Waals surface area contributed by atoms with Crippen LogP contribution < -0.4 is 4.90 Å². The van der Waals surface area contributed by atoms with Gasteiger partial charge in [0.15, 0.2) is 0 Å². The number of carbonyl (C=O) groups excluding carboxylic acids is 2. The minimum absolute atomic E-state index is 0.125. The van der Waals surface area contributed by atoms with Gasteiger partial charge in [0.05, 0.1) is 17.9 Å². The van der Waals surface area contributed by atoms with Gasteiger partial charge in [-0.25, -0.2) is 4.90 Å². The number of amides is 2. The van der Waals surface area contributed by atoms with Gasteiger partial charge in [0, 0.05) is 18.6 Å². The SMILES string of the molecule is Cc1cccc(N2C(=O)C(c3ccc(Cl)cc3)=C(N(C)CCO)C2=O)c1. The van der Waals surface area contributed by atoms with E-state index >= 15 is 0 Å². The Bertz CT molecular complexity index is 890. The molecule has 0 bridgehead atoms. The van der Waals surface area contributed by atoms with Crippen LogP contribution in [0.1, 0.15) is 11.1 Å². The van der Waals surface area contributed by atoms with Crippen LogP contribution in [0.3, 0.4) is 0 Å². The smallest absolute Gasteiger partial charge is 0.282 e. The largest absolute Gasteiger partial charge is 0.395 e. The molecule has 1 heterocycles. The number of aliphatic hydroxyl groups is 1. The first-order chi connectivity index (χ1) is 12.4. The Hall–Kier alpha value is -2.63. The summed E-state index contributed by atoms with van der Waals surface area (Å²) in [6, 6.07) is 14.0. The molecular formula is C20H19ClN2O3. The molecule has 1 N–H and O–H groups in total. The van der Waals surface area contributed by atoms with Crippen molar-refractivity contribution in [2.75, 3.05) is 25.1 Å². The van der Waals surface area contributed by atoms with Gasteiger partial charge in [-0.05, 0) is 42.3 Å². The number of benzene rings is 2. The number of aliphatic hydroxyl groups excluding tert-OH is 1. The summed E-state index contributed by atoms with van der Waals surface area (Å²) in [4.78, 5) is 29.0. The first-order valence-corrected chi connectivity index (χ1v) is 8.59. The third kappa shape index (κ3) is 3.23. The molecule has 2 aromatic carbocycles. The summed E-state index contributed by atoms with van der Waals surface area (Å²) in [5.41, 5.74) is 2.67. The molecule has 134 valence electrons. The van der Waals surface area contributed by atoms with E-state index in [4.69, 9.17) is 11.6 Å². The van der Waals surface area contributed by atoms with E-state index in [1.165, 1.54) is 4.90 Å². The Morgan fingerprint density at radius 3 is 2.38 bits per heavy atom. The second kappa shape index (κ2) is 7.32. The summed E-state index contributed by atoms with van der Waals surface area (Å²) >= 11 is 5.95. The Morgan fingerprint density at radius 1 is 1.08 bits per heavy atom. The van der Waals surface area contributed by atoms with Gasteiger partial charge < -0.3 is 10.0 Å². The summed E-state index contributed by atoms with van der Waals surface area (Å²) in [6.07, 6.45) is 0. The Kier molecular flexibility index (Phi) is 5.11. The molecule has 2 aromatic rings. The summed E-state index contributed by atoms with van der Waals surface area (Å²) in [7, 11) is 1.69. The zero-order chi connectivity index (χ0) is 18.8. The van der Waals surface area contributed by atoms with Crippen molar-refractivity contribution >= 4 is 34.7 Å². The second-order valence-corrected chi connectivity index (χ2v) is 6.60. The average molecular weight is 371 g/mol. The highest BCUT2D eigenvalue weighted by molar-refractivity contribution is 6.45. The summed E-state index contributed by atoms with van der Waals surface area (Å²) < 4.78 is 0. The molecule has 1 aliphatic rings. The highest BCUT2D eigenvalue weighted by Gasteiger charge is 2.41. The maximum atomic E-state index is 13.2. The lowest BCUT2D eigenvalue weighted by atomic mass is 10.0. The quantitative estimate of drug-likeness (QED) is 0.822. The molecule has 0 saturated carbocycles. The third-order valence-corrected chi connectivity index (χ3v) is 4.52. The fraction of sp³-hybridized carbons (Fsp3) is 0.200. The van der Waals surface area contributed by atoms with E-state index in [2.05, 4.69) is 0 Å². The van der Waals surface area contributed by atoms with Gasteiger partial charge >= 0.3 is 0 Å². The van der Waals surface area contributed by atoms with Crippen molar-refractivity contribution in [3.63, 3.8) is 0 Å². The van der Waals surface area contributed by atoms with E-state index in [1.807, 2.05) is 19.1 Å². The molecule has 0 aliphatic carbocycles. The lowest BCUT2D eigenvalue weighted by Crippen LogP contribution is -2.34. The molecule has 1 aliphatic heterocycles. The zero-order valence-corrected chi connectivity index (χ0v) is 15.3. The van der Waals surface area contributed by atoms with Crippen molar-refractivity contribution < 1.29 is 14.7 Å². The lowest BCUT2D eigenvalue weighted by Gasteiger charge is -2.20. The van der Waals surface area contributed by atoms with Crippen molar-refractivity contribution in [3.05, 3.63) is 70.4 Å². The number of imide groups is 1. The topological polar surface area (TPSA) is 60.9 Å². The number of nitrogens with zero attached hydrogens (tertiary/aromatic N) is 2. The molecule has 0 unspecified atom stereocenters. The van der Waals surface area contributed by atoms with E-state index < -0.39 is 5.91 Å². The molecule has 0 atom stereocenters. The molecule has 5 nitrogen and oxygen atoms in total. The molecule has 0 radical (unpaired) electrons. The molecule has 0 spiro atoms. The molecule has 2 amide bonds. The second-order valence-electron chi connectivity index (χ2n) is 6.16. The Morgan fingerprint density at radius 2 is 1.77 bits per heavy atom. The van der Waals surface area contributed by atoms with Crippen LogP contribution in [0, 0.1) is 6.92 Å². The molecule has 0 fully saturated rings. The van der Waals surface area contributed by atoms with Crippen LogP contribution in [0.2, 0.25) is 5.02 Å². The van der Waals surface area contributed by atoms with Crippen LogP contribution in [-0.2, 0) is 9.59 Å². The van der Waals surface area contributed by atoms with E-state index in [0.29, 0.717) is 21.8 Å². The molecular weight excluding hydrogens is 352 g/mol. The third-order valence-electron chi connectivity index (χ3n) is 4.27. The van der Waals surface area contributed by atoms with Crippen LogP contribution >= 0.6 is 11.6 Å². The van der Waals surface area contributed by atoms with Crippen LogP contribution in [-0.4, -0.2) is 42.0 Å². The van der Waals surface area contributed by atoms with Gasteiger partial charge in [-0.2, -0.15) is 0 Å². The predicted octanol–water partition coefficient (Wildman–Crippen LogP) is 2.86. The fourth-order valence-corrected chi connectivity index (χ4v) is 3.14. The van der Waals surface area contributed by atoms with Crippen molar-refractivity contribution in [2.45, 2.75) is 6.92 Å². The van der Waals surface area contributed by atoms with E-state index in [9.17, 15) is 14.7 Å². The van der Waals surface area contributed by atoms with Crippen LogP contribution in [0.25, 0.3) is 5.57 Å². The van der Waals surface area contributed by atoms with E-state index in [0.717, 1.165) is 5.56 Å². The lowest BCUT2D eigenvalue weighted by molar-refractivity contribution is -0.120. The molecule has 0 aromatic heterocycles. The van der Waals surface area contributed by atoms with Crippen molar-refractivity contribution in [3.8, 4) is 0 Å². The number of anilines is 1. The number of aryl methyl sites for hydroxylation is 1. The first kappa shape index (κ1) is 18.2. The minimum atomic E-state index is -0.401. The minimum Gasteiger partial charge on any atom is -0.395 e. The maximum Gasteiger partial charge on any atom is 0.282 e. The van der Waals surface area contributed by atoms with Crippen LogP contribution in [0.4, 0.5) is 5.69 Å². The number of rotatable bonds is 5. The van der Waals surface area contributed by atoms with E-state index in [1.54, 1.807) is 48.3 Å². The highest BCUT2D eigenvalue weighted by atomic mass is 35.5. The van der Waals surface area contributed by atoms with Gasteiger partial charge in [0.1, 0.15) is 5.70 Å². The summed E-state index contributed by atoms with van der Waals surface area (Å²) in [5, 5.41) is 9.82. The van der Waals surface area contributed by atoms with Crippen LogP contribution in [0.5, 0.6) is 0 Å². The van der Waals surface area contributed by atoms with Gasteiger partial charge in [-0.1, -0.05) is 35.9 Å². The molecule has 6 heteroatoms. The average Bonchev–Trinajstić information content (AvgIpc) is 2.86. The molecule has 26 heavy (non-hydrogen) atoms. The number of halogens is 1. The Balaban J connectivity index is 2.13. The summed E-state index contributed by atoms with van der Waals surface area (Å²) in [6.45, 7) is 2.02. The number of hydrogen-bond donors (Lipinski definition) is 1. The Labute approximate surface area is 157 Å². The van der Waals surface area contributed by atoms with Gasteiger partial charge in [0.25, 0.3) is 11.8 Å². The normalized spacial score (nSPS) is 14.4. The number of hydrogen-bond acceptors (Lipinski definition) is 4. The first-order valence-electron chi connectivity index (χ1n) is 8.21. The predicted molar refractivity (Wildman–Crippen MR) is 102 cm³/mol. The summed E-state index contributed by atoms with van der Waals surface area (Å²) in [5.74, 6) is -0.788. The van der Waals surface area contributed by atoms with Gasteiger partial charge in [0.2, 0.25) is 0 Å². The molecule has 3 rings (SSSR count). The highest BCUT2D eigenvalue weighted by Crippen LogP contribution is 2.34. The van der Waals surface area contributed by atoms with Crippen LogP contribution in [0.15, 0.2) is 54.2 Å². The van der Waals surface area contributed by atoms with Gasteiger partial charge in [-0.3, -0.25) is 9.59 Å². The maximum absolute atomic E-state index is 13.2. The molecule has 0 saturated heterocycles. The fourth-order valence-electron chi connectivity index (χ4n) is 3.01. The standard InChI is InChI=1S/C20H19ClN2O3/c1-13-4-3-5-16(12-13)23-19(25)17(14-6-8-15(21)9-7-14)18(20(23)26)22(2)10-11-24/h3-9,12,24H,10-11H2,1-2H3. The monoisotopic (exact) mass is 370 g/mol. The van der Waals surface area contributed by atoms with Crippen molar-refractivity contribution in [2.24, 2.45) is 0 Å². The number of carbonyl (C=O) groups is 2. The van der Waals surface area contributed by atoms with Gasteiger partial charge in [-0.15, -0.1) is 0 Å². The zero-order valence-electron chi connectivity index (χ0n) is 14.6.